The zero-order valence-corrected chi connectivity index (χ0v) is 11.1. The third-order valence-corrected chi connectivity index (χ3v) is 3.99. The zero-order chi connectivity index (χ0) is 14.9. The molecule has 2 unspecified atom stereocenters. The minimum atomic E-state index is -1.33. The third kappa shape index (κ3) is 2.79. The van der Waals surface area contributed by atoms with Crippen molar-refractivity contribution in [2.24, 2.45) is 5.73 Å². The summed E-state index contributed by atoms with van der Waals surface area (Å²) in [6.07, 6.45) is -3.00. The van der Waals surface area contributed by atoms with Gasteiger partial charge in [-0.25, -0.2) is 4.79 Å². The van der Waals surface area contributed by atoms with Crippen LogP contribution in [0.5, 0.6) is 0 Å². The molecule has 20 heavy (non-hydrogen) atoms. The van der Waals surface area contributed by atoms with E-state index in [1.54, 1.807) is 18.2 Å². The molecule has 0 saturated carbocycles. The topological polar surface area (TPSA) is 121 Å². The van der Waals surface area contributed by atoms with Crippen LogP contribution in [0, 0.1) is 0 Å². The van der Waals surface area contributed by atoms with Crippen LogP contribution in [0.3, 0.4) is 0 Å². The van der Waals surface area contributed by atoms with Crippen LogP contribution in [-0.2, 0) is 4.79 Å². The fraction of sp³-hybridized carbons (Fsp3) is 0.231. The summed E-state index contributed by atoms with van der Waals surface area (Å²) in [6.45, 7) is 0. The van der Waals surface area contributed by atoms with Crippen LogP contribution in [0.2, 0.25) is 0 Å². The number of rotatable bonds is 5. The molecular weight excluding hydrogens is 282 g/mol. The Morgan fingerprint density at radius 1 is 1.30 bits per heavy atom. The maximum Gasteiger partial charge on any atom is 0.345 e. The smallest absolute Gasteiger partial charge is 0.345 e. The second-order valence-corrected chi connectivity index (χ2v) is 5.44. The Hall–Kier alpha value is -1.96. The average molecular weight is 295 g/mol. The lowest BCUT2D eigenvalue weighted by molar-refractivity contribution is -0.121. The van der Waals surface area contributed by atoms with Crippen LogP contribution in [-0.4, -0.2) is 33.3 Å². The van der Waals surface area contributed by atoms with Crippen LogP contribution in [0.15, 0.2) is 24.3 Å². The van der Waals surface area contributed by atoms with E-state index < -0.39 is 24.1 Å². The molecule has 0 radical (unpaired) electrons. The van der Waals surface area contributed by atoms with Gasteiger partial charge >= 0.3 is 5.97 Å². The first-order valence-electron chi connectivity index (χ1n) is 5.80. The summed E-state index contributed by atoms with van der Waals surface area (Å²) in [5, 5.41) is 29.4. The molecule has 7 heteroatoms. The van der Waals surface area contributed by atoms with Gasteiger partial charge < -0.3 is 21.1 Å². The molecule has 0 fully saturated rings. The summed E-state index contributed by atoms with van der Waals surface area (Å²) >= 11 is 1.08. The minimum Gasteiger partial charge on any atom is -0.477 e. The lowest BCUT2D eigenvalue weighted by Gasteiger charge is -2.17. The first kappa shape index (κ1) is 14.4. The summed E-state index contributed by atoms with van der Waals surface area (Å²) in [5.41, 5.74) is 5.36. The molecule has 2 aromatic rings. The van der Waals surface area contributed by atoms with E-state index in [9.17, 15) is 19.8 Å². The molecule has 0 aliphatic carbocycles. The SMILES string of the molecule is NC(=O)CC(O)C(O)c1cccc2sc(C(=O)O)cc12. The highest BCUT2D eigenvalue weighted by Gasteiger charge is 2.23. The van der Waals surface area contributed by atoms with E-state index in [1.807, 2.05) is 0 Å². The maximum atomic E-state index is 11.0. The normalized spacial score (nSPS) is 14.1. The molecule has 1 amide bonds. The molecule has 0 aliphatic heterocycles. The number of hydrogen-bond acceptors (Lipinski definition) is 5. The predicted molar refractivity (Wildman–Crippen MR) is 73.6 cm³/mol. The standard InChI is InChI=1S/C13H13NO5S/c14-11(16)5-8(15)12(17)6-2-1-3-9-7(6)4-10(20-9)13(18)19/h1-4,8,12,15,17H,5H2,(H2,14,16)(H,18,19). The minimum absolute atomic E-state index is 0.143. The number of carboxylic acids is 1. The quantitative estimate of drug-likeness (QED) is 0.652. The van der Waals surface area contributed by atoms with Crippen LogP contribution in [0.25, 0.3) is 10.1 Å². The number of aliphatic hydroxyl groups excluding tert-OH is 2. The highest BCUT2D eigenvalue weighted by Crippen LogP contribution is 2.33. The number of primary amides is 1. The van der Waals surface area contributed by atoms with Crippen molar-refractivity contribution in [2.75, 3.05) is 0 Å². The van der Waals surface area contributed by atoms with Crippen molar-refractivity contribution in [1.29, 1.82) is 0 Å². The number of carboxylic acid groups (broad SMARTS) is 1. The Morgan fingerprint density at radius 2 is 2.00 bits per heavy atom. The Balaban J connectivity index is 2.43. The Morgan fingerprint density at radius 3 is 2.60 bits per heavy atom. The van der Waals surface area contributed by atoms with Crippen molar-refractivity contribution >= 4 is 33.3 Å². The molecule has 1 heterocycles. The number of thiophene rings is 1. The molecule has 1 aromatic heterocycles. The maximum absolute atomic E-state index is 11.0. The van der Waals surface area contributed by atoms with E-state index in [2.05, 4.69) is 0 Å². The van der Waals surface area contributed by atoms with E-state index in [-0.39, 0.29) is 11.3 Å². The van der Waals surface area contributed by atoms with Gasteiger partial charge in [0.25, 0.3) is 0 Å². The third-order valence-electron chi connectivity index (χ3n) is 2.90. The van der Waals surface area contributed by atoms with Crippen LogP contribution < -0.4 is 5.73 Å². The van der Waals surface area contributed by atoms with Gasteiger partial charge in [-0.05, 0) is 23.1 Å². The van der Waals surface area contributed by atoms with Crippen molar-refractivity contribution in [3.63, 3.8) is 0 Å². The van der Waals surface area contributed by atoms with Crippen molar-refractivity contribution in [2.45, 2.75) is 18.6 Å². The fourth-order valence-corrected chi connectivity index (χ4v) is 2.91. The van der Waals surface area contributed by atoms with Gasteiger partial charge in [0.15, 0.2) is 0 Å². The van der Waals surface area contributed by atoms with Gasteiger partial charge in [-0.3, -0.25) is 4.79 Å². The van der Waals surface area contributed by atoms with Gasteiger partial charge in [0.1, 0.15) is 11.0 Å². The van der Waals surface area contributed by atoms with Crippen LogP contribution >= 0.6 is 11.3 Å². The van der Waals surface area contributed by atoms with Crippen molar-refractivity contribution in [1.82, 2.24) is 0 Å². The Labute approximate surface area is 118 Å². The van der Waals surface area contributed by atoms with E-state index in [4.69, 9.17) is 10.8 Å². The number of amides is 1. The molecule has 0 bridgehead atoms. The number of aromatic carboxylic acids is 1. The predicted octanol–water partition coefficient (Wildman–Crippen LogP) is 0.869. The number of benzene rings is 1. The first-order chi connectivity index (χ1) is 9.40. The van der Waals surface area contributed by atoms with Gasteiger partial charge in [-0.2, -0.15) is 0 Å². The van der Waals surface area contributed by atoms with Crippen molar-refractivity contribution < 1.29 is 24.9 Å². The van der Waals surface area contributed by atoms with E-state index >= 15 is 0 Å². The largest absolute Gasteiger partial charge is 0.477 e. The second kappa shape index (κ2) is 5.58. The van der Waals surface area contributed by atoms with Gasteiger partial charge in [0.05, 0.1) is 12.5 Å². The van der Waals surface area contributed by atoms with Gasteiger partial charge in [0, 0.05) is 4.70 Å². The average Bonchev–Trinajstić information content (AvgIpc) is 2.80. The fourth-order valence-electron chi connectivity index (χ4n) is 1.97. The summed E-state index contributed by atoms with van der Waals surface area (Å²) in [4.78, 5) is 21.9. The summed E-state index contributed by atoms with van der Waals surface area (Å²) in [6, 6.07) is 6.40. The van der Waals surface area contributed by atoms with Crippen molar-refractivity contribution in [3.8, 4) is 0 Å². The highest BCUT2D eigenvalue weighted by atomic mass is 32.1. The molecule has 6 nitrogen and oxygen atoms in total. The molecular formula is C13H13NO5S. The number of nitrogens with two attached hydrogens (primary N) is 1. The zero-order valence-electron chi connectivity index (χ0n) is 10.3. The summed E-state index contributed by atoms with van der Waals surface area (Å²) < 4.78 is 0.685. The molecule has 2 rings (SSSR count). The molecule has 1 aromatic carbocycles. The second-order valence-electron chi connectivity index (χ2n) is 4.36. The van der Waals surface area contributed by atoms with E-state index in [1.165, 1.54) is 6.07 Å². The first-order valence-corrected chi connectivity index (χ1v) is 6.62. The highest BCUT2D eigenvalue weighted by molar-refractivity contribution is 7.20. The van der Waals surface area contributed by atoms with Crippen LogP contribution in [0.4, 0.5) is 0 Å². The Bertz CT molecular complexity index is 666. The molecule has 5 N–H and O–H groups in total. The number of fused-ring (bicyclic) bond motifs is 1. The van der Waals surface area contributed by atoms with Gasteiger partial charge in [0.2, 0.25) is 5.91 Å². The molecule has 106 valence electrons. The number of carbonyl (C=O) groups is 2. The number of aliphatic hydroxyl groups is 2. The van der Waals surface area contributed by atoms with E-state index in [0.29, 0.717) is 15.6 Å². The van der Waals surface area contributed by atoms with Gasteiger partial charge in [-0.1, -0.05) is 12.1 Å². The molecule has 0 spiro atoms. The summed E-state index contributed by atoms with van der Waals surface area (Å²) in [7, 11) is 0. The van der Waals surface area contributed by atoms with E-state index in [0.717, 1.165) is 11.3 Å². The Kier molecular flexibility index (Phi) is 4.03. The van der Waals surface area contributed by atoms with Crippen LogP contribution in [0.1, 0.15) is 27.8 Å². The van der Waals surface area contributed by atoms with Gasteiger partial charge in [-0.15, -0.1) is 11.3 Å². The molecule has 2 atom stereocenters. The van der Waals surface area contributed by atoms with Crippen molar-refractivity contribution in [3.05, 3.63) is 34.7 Å². The lowest BCUT2D eigenvalue weighted by Crippen LogP contribution is -2.25. The number of hydrogen-bond donors (Lipinski definition) is 4. The summed E-state index contributed by atoms with van der Waals surface area (Å²) in [5.74, 6) is -1.77. The molecule has 0 saturated heterocycles. The molecule has 0 aliphatic rings. The lowest BCUT2D eigenvalue weighted by atomic mass is 9.99. The monoisotopic (exact) mass is 295 g/mol. The number of carbonyl (C=O) groups excluding carboxylic acids is 1.